The van der Waals surface area contributed by atoms with Gasteiger partial charge in [-0.15, -0.1) is 10.2 Å². The summed E-state index contributed by atoms with van der Waals surface area (Å²) in [6, 6.07) is 19.4. The van der Waals surface area contributed by atoms with Crippen molar-refractivity contribution in [3.63, 3.8) is 0 Å². The van der Waals surface area contributed by atoms with Crippen LogP contribution in [-0.2, 0) is 0 Å². The second kappa shape index (κ2) is 7.84. The number of Topliss-reactive ketones (excluding diaryl/α,β-unsaturated/α-hetero) is 1. The van der Waals surface area contributed by atoms with E-state index >= 15 is 0 Å². The van der Waals surface area contributed by atoms with Gasteiger partial charge in [0.05, 0.1) is 6.04 Å². The molecule has 1 aliphatic heterocycles. The highest BCUT2D eigenvalue weighted by molar-refractivity contribution is 5.97. The van der Waals surface area contributed by atoms with E-state index in [0.29, 0.717) is 11.8 Å². The number of rotatable bonds is 5. The fourth-order valence-electron chi connectivity index (χ4n) is 3.64. The molecule has 2 aromatic carbocycles. The number of benzene rings is 2. The van der Waals surface area contributed by atoms with Crippen LogP contribution >= 0.6 is 0 Å². The van der Waals surface area contributed by atoms with Gasteiger partial charge in [-0.05, 0) is 45.0 Å². The minimum atomic E-state index is 0.0442. The van der Waals surface area contributed by atoms with Crippen molar-refractivity contribution in [3.8, 4) is 11.5 Å². The lowest BCUT2D eigenvalue weighted by molar-refractivity contribution is 0.0782. The third kappa shape index (κ3) is 3.83. The molecule has 138 valence electrons. The van der Waals surface area contributed by atoms with Crippen molar-refractivity contribution >= 4 is 5.78 Å². The predicted octanol–water partition coefficient (Wildman–Crippen LogP) is 4.39. The van der Waals surface area contributed by atoms with Crippen molar-refractivity contribution in [2.24, 2.45) is 5.92 Å². The van der Waals surface area contributed by atoms with Gasteiger partial charge in [0.15, 0.2) is 5.78 Å². The molecular formula is C22H23N3O2. The molecule has 0 radical (unpaired) electrons. The van der Waals surface area contributed by atoms with Crippen LogP contribution in [0.25, 0.3) is 11.5 Å². The molecule has 4 rings (SSSR count). The van der Waals surface area contributed by atoms with E-state index in [1.807, 2.05) is 60.7 Å². The second-order valence-electron chi connectivity index (χ2n) is 7.03. The molecule has 1 aromatic heterocycles. The average molecular weight is 361 g/mol. The zero-order chi connectivity index (χ0) is 18.6. The van der Waals surface area contributed by atoms with Crippen LogP contribution in [0.15, 0.2) is 65.1 Å². The van der Waals surface area contributed by atoms with Crippen molar-refractivity contribution in [2.45, 2.75) is 25.8 Å². The highest BCUT2D eigenvalue weighted by atomic mass is 16.4. The van der Waals surface area contributed by atoms with Crippen LogP contribution in [0.2, 0.25) is 0 Å². The Labute approximate surface area is 159 Å². The zero-order valence-electron chi connectivity index (χ0n) is 15.4. The summed E-state index contributed by atoms with van der Waals surface area (Å²) >= 11 is 0. The Kier molecular flexibility index (Phi) is 5.12. The van der Waals surface area contributed by atoms with Gasteiger partial charge >= 0.3 is 0 Å². The molecule has 5 heteroatoms. The summed E-state index contributed by atoms with van der Waals surface area (Å²) in [5.41, 5.74) is 1.74. The second-order valence-corrected chi connectivity index (χ2v) is 7.03. The SMILES string of the molecule is CC(c1nnc(-c2ccccc2)o1)N1CCC(C(=O)c2ccccc2)CC1. The van der Waals surface area contributed by atoms with E-state index in [9.17, 15) is 4.79 Å². The number of ketones is 1. The molecule has 27 heavy (non-hydrogen) atoms. The average Bonchev–Trinajstić information content (AvgIpc) is 3.24. The fourth-order valence-corrected chi connectivity index (χ4v) is 3.64. The van der Waals surface area contributed by atoms with Crippen molar-refractivity contribution in [2.75, 3.05) is 13.1 Å². The van der Waals surface area contributed by atoms with Gasteiger partial charge in [-0.3, -0.25) is 9.69 Å². The van der Waals surface area contributed by atoms with Crippen LogP contribution in [0, 0.1) is 5.92 Å². The standard InChI is InChI=1S/C22H23N3O2/c1-16(21-23-24-22(27-21)19-10-6-3-7-11-19)25-14-12-18(13-15-25)20(26)17-8-4-2-5-9-17/h2-11,16,18H,12-15H2,1H3. The summed E-state index contributed by atoms with van der Waals surface area (Å²) in [5, 5.41) is 8.43. The van der Waals surface area contributed by atoms with Gasteiger partial charge in [-0.2, -0.15) is 0 Å². The first-order chi connectivity index (χ1) is 13.2. The minimum absolute atomic E-state index is 0.0442. The van der Waals surface area contributed by atoms with E-state index < -0.39 is 0 Å². The highest BCUT2D eigenvalue weighted by Gasteiger charge is 2.30. The predicted molar refractivity (Wildman–Crippen MR) is 103 cm³/mol. The van der Waals surface area contributed by atoms with Gasteiger partial charge in [0.25, 0.3) is 0 Å². The summed E-state index contributed by atoms with van der Waals surface area (Å²) in [6.07, 6.45) is 1.72. The molecule has 1 saturated heterocycles. The number of carbonyl (C=O) groups is 1. The monoisotopic (exact) mass is 361 g/mol. The molecule has 1 fully saturated rings. The lowest BCUT2D eigenvalue weighted by atomic mass is 9.88. The van der Waals surface area contributed by atoms with Crippen molar-refractivity contribution in [1.82, 2.24) is 15.1 Å². The Hall–Kier alpha value is -2.79. The Morgan fingerprint density at radius 2 is 1.63 bits per heavy atom. The molecule has 0 saturated carbocycles. The van der Waals surface area contributed by atoms with E-state index in [1.54, 1.807) is 0 Å². The molecule has 0 amide bonds. The number of carbonyl (C=O) groups excluding carboxylic acids is 1. The van der Waals surface area contributed by atoms with Crippen LogP contribution in [0.3, 0.4) is 0 Å². The van der Waals surface area contributed by atoms with Gasteiger partial charge in [-0.1, -0.05) is 48.5 Å². The smallest absolute Gasteiger partial charge is 0.247 e. The zero-order valence-corrected chi connectivity index (χ0v) is 15.4. The molecule has 0 bridgehead atoms. The lowest BCUT2D eigenvalue weighted by Crippen LogP contribution is -2.38. The Balaban J connectivity index is 1.38. The van der Waals surface area contributed by atoms with E-state index in [2.05, 4.69) is 22.0 Å². The van der Waals surface area contributed by atoms with Crippen LogP contribution in [0.5, 0.6) is 0 Å². The number of nitrogens with zero attached hydrogens (tertiary/aromatic N) is 3. The topological polar surface area (TPSA) is 59.2 Å². The van der Waals surface area contributed by atoms with Gasteiger partial charge in [0, 0.05) is 17.0 Å². The van der Waals surface area contributed by atoms with Crippen LogP contribution in [-0.4, -0.2) is 34.0 Å². The van der Waals surface area contributed by atoms with Gasteiger partial charge in [-0.25, -0.2) is 0 Å². The Morgan fingerprint density at radius 1 is 1.00 bits per heavy atom. The maximum absolute atomic E-state index is 12.6. The third-order valence-corrected chi connectivity index (χ3v) is 5.33. The van der Waals surface area contributed by atoms with Gasteiger partial charge in [0.2, 0.25) is 11.8 Å². The molecule has 0 N–H and O–H groups in total. The van der Waals surface area contributed by atoms with Gasteiger partial charge in [0.1, 0.15) is 0 Å². The maximum atomic E-state index is 12.6. The maximum Gasteiger partial charge on any atom is 0.247 e. The molecule has 0 spiro atoms. The van der Waals surface area contributed by atoms with E-state index in [0.717, 1.165) is 37.1 Å². The summed E-state index contributed by atoms with van der Waals surface area (Å²) in [7, 11) is 0. The number of piperidine rings is 1. The van der Waals surface area contributed by atoms with Crippen LogP contribution in [0.4, 0.5) is 0 Å². The first kappa shape index (κ1) is 17.6. The molecule has 3 aromatic rings. The molecule has 1 atom stereocenters. The van der Waals surface area contributed by atoms with Crippen LogP contribution in [0.1, 0.15) is 42.1 Å². The first-order valence-corrected chi connectivity index (χ1v) is 9.44. The largest absolute Gasteiger partial charge is 0.419 e. The lowest BCUT2D eigenvalue weighted by Gasteiger charge is -2.34. The summed E-state index contributed by atoms with van der Waals surface area (Å²) in [4.78, 5) is 15.0. The quantitative estimate of drug-likeness (QED) is 0.631. The molecule has 0 aliphatic carbocycles. The molecule has 1 unspecified atom stereocenters. The summed E-state index contributed by atoms with van der Waals surface area (Å²) in [6.45, 7) is 3.79. The van der Waals surface area contributed by atoms with Crippen LogP contribution < -0.4 is 0 Å². The minimum Gasteiger partial charge on any atom is -0.419 e. The first-order valence-electron chi connectivity index (χ1n) is 9.44. The van der Waals surface area contributed by atoms with E-state index in [4.69, 9.17) is 4.42 Å². The summed E-state index contributed by atoms with van der Waals surface area (Å²) in [5.74, 6) is 1.53. The Morgan fingerprint density at radius 3 is 2.30 bits per heavy atom. The molecule has 5 nitrogen and oxygen atoms in total. The van der Waals surface area contributed by atoms with Crippen molar-refractivity contribution in [1.29, 1.82) is 0 Å². The summed E-state index contributed by atoms with van der Waals surface area (Å²) < 4.78 is 5.90. The Bertz CT molecular complexity index is 884. The van der Waals surface area contributed by atoms with Gasteiger partial charge < -0.3 is 4.42 Å². The van der Waals surface area contributed by atoms with E-state index in [1.165, 1.54) is 0 Å². The normalized spacial score (nSPS) is 16.9. The number of aromatic nitrogens is 2. The number of likely N-dealkylation sites (tertiary alicyclic amines) is 1. The fraction of sp³-hybridized carbons (Fsp3) is 0.318. The highest BCUT2D eigenvalue weighted by Crippen LogP contribution is 2.29. The number of hydrogen-bond donors (Lipinski definition) is 0. The van der Waals surface area contributed by atoms with Crippen molar-refractivity contribution in [3.05, 3.63) is 72.1 Å². The molecular weight excluding hydrogens is 338 g/mol. The third-order valence-electron chi connectivity index (χ3n) is 5.33. The molecule has 1 aliphatic rings. The van der Waals surface area contributed by atoms with Crippen molar-refractivity contribution < 1.29 is 9.21 Å². The molecule has 2 heterocycles. The number of hydrogen-bond acceptors (Lipinski definition) is 5. The van der Waals surface area contributed by atoms with E-state index in [-0.39, 0.29) is 17.7 Å².